The molecule has 1 aromatic heterocycles. The molecule has 0 saturated carbocycles. The average molecular weight is 234 g/mol. The summed E-state index contributed by atoms with van der Waals surface area (Å²) in [5.74, 6) is -0.113. The van der Waals surface area contributed by atoms with Crippen molar-refractivity contribution in [3.05, 3.63) is 35.2 Å². The van der Waals surface area contributed by atoms with Crippen molar-refractivity contribution in [1.82, 2.24) is 0 Å². The van der Waals surface area contributed by atoms with Crippen LogP contribution in [0.3, 0.4) is 0 Å². The van der Waals surface area contributed by atoms with E-state index in [4.69, 9.17) is 4.74 Å². The van der Waals surface area contributed by atoms with Gasteiger partial charge in [0.05, 0.1) is 6.61 Å². The number of fused-ring (bicyclic) bond motifs is 1. The van der Waals surface area contributed by atoms with Gasteiger partial charge >= 0.3 is 5.97 Å². The van der Waals surface area contributed by atoms with Crippen molar-refractivity contribution in [2.24, 2.45) is 0 Å². The fourth-order valence-electron chi connectivity index (χ4n) is 1.70. The molecule has 0 N–H and O–H groups in total. The Morgan fingerprint density at radius 2 is 2.19 bits per heavy atom. The Kier molecular flexibility index (Phi) is 3.57. The molecule has 84 valence electrons. The molecule has 2 nitrogen and oxygen atoms in total. The first-order valence-electron chi connectivity index (χ1n) is 5.42. The maximum absolute atomic E-state index is 11.3. The van der Waals surface area contributed by atoms with Crippen LogP contribution in [0.15, 0.2) is 29.6 Å². The van der Waals surface area contributed by atoms with Crippen LogP contribution in [0.25, 0.3) is 10.1 Å². The highest BCUT2D eigenvalue weighted by Gasteiger charge is 2.06. The van der Waals surface area contributed by atoms with Crippen LogP contribution in [0.1, 0.15) is 18.9 Å². The summed E-state index contributed by atoms with van der Waals surface area (Å²) in [6.45, 7) is 2.29. The number of carbonyl (C=O) groups is 1. The summed E-state index contributed by atoms with van der Waals surface area (Å²) in [4.78, 5) is 11.3. The molecule has 0 aliphatic rings. The summed E-state index contributed by atoms with van der Waals surface area (Å²) in [6.07, 6.45) is 1.23. The molecule has 0 fully saturated rings. The normalized spacial score (nSPS) is 10.6. The quantitative estimate of drug-likeness (QED) is 0.758. The maximum Gasteiger partial charge on any atom is 0.306 e. The predicted octanol–water partition coefficient (Wildman–Crippen LogP) is 3.40. The van der Waals surface area contributed by atoms with Gasteiger partial charge in [-0.25, -0.2) is 0 Å². The molecule has 1 aromatic carbocycles. The van der Waals surface area contributed by atoms with Crippen molar-refractivity contribution < 1.29 is 9.53 Å². The van der Waals surface area contributed by atoms with Crippen molar-refractivity contribution in [3.63, 3.8) is 0 Å². The van der Waals surface area contributed by atoms with Crippen LogP contribution in [0.5, 0.6) is 0 Å². The van der Waals surface area contributed by atoms with Gasteiger partial charge < -0.3 is 4.74 Å². The maximum atomic E-state index is 11.3. The van der Waals surface area contributed by atoms with Crippen LogP contribution in [0.2, 0.25) is 0 Å². The zero-order chi connectivity index (χ0) is 11.4. The van der Waals surface area contributed by atoms with Crippen LogP contribution >= 0.6 is 11.3 Å². The highest BCUT2D eigenvalue weighted by Crippen LogP contribution is 2.26. The third-order valence-electron chi connectivity index (χ3n) is 2.46. The second-order valence-electron chi connectivity index (χ2n) is 3.56. The lowest BCUT2D eigenvalue weighted by Gasteiger charge is -2.00. The highest BCUT2D eigenvalue weighted by atomic mass is 32.1. The molecule has 0 radical (unpaired) electrons. The largest absolute Gasteiger partial charge is 0.466 e. The standard InChI is InChI=1S/C13H14O2S/c1-2-15-13(14)8-7-10-9-16-12-6-4-3-5-11(10)12/h3-6,9H,2,7-8H2,1H3. The van der Waals surface area contributed by atoms with Gasteiger partial charge in [-0.15, -0.1) is 11.3 Å². The smallest absolute Gasteiger partial charge is 0.306 e. The fourth-order valence-corrected chi connectivity index (χ4v) is 2.69. The van der Waals surface area contributed by atoms with Crippen LogP contribution in [0.4, 0.5) is 0 Å². The fraction of sp³-hybridized carbons (Fsp3) is 0.308. The number of aryl methyl sites for hydroxylation is 1. The summed E-state index contributed by atoms with van der Waals surface area (Å²) in [5.41, 5.74) is 1.24. The monoisotopic (exact) mass is 234 g/mol. The lowest BCUT2D eigenvalue weighted by molar-refractivity contribution is -0.143. The van der Waals surface area contributed by atoms with E-state index in [0.717, 1.165) is 6.42 Å². The number of hydrogen-bond donors (Lipinski definition) is 0. The first-order valence-corrected chi connectivity index (χ1v) is 6.30. The first-order chi connectivity index (χ1) is 7.81. The molecule has 0 aliphatic carbocycles. The first kappa shape index (κ1) is 11.1. The van der Waals surface area contributed by atoms with Crippen molar-refractivity contribution in [2.75, 3.05) is 6.61 Å². The lowest BCUT2D eigenvalue weighted by atomic mass is 10.1. The van der Waals surface area contributed by atoms with E-state index >= 15 is 0 Å². The van der Waals surface area contributed by atoms with Gasteiger partial charge in [0.1, 0.15) is 0 Å². The van der Waals surface area contributed by atoms with E-state index in [-0.39, 0.29) is 5.97 Å². The van der Waals surface area contributed by atoms with E-state index in [1.807, 2.05) is 19.1 Å². The molecule has 0 amide bonds. The molecule has 0 bridgehead atoms. The van der Waals surface area contributed by atoms with Crippen molar-refractivity contribution >= 4 is 27.4 Å². The number of esters is 1. The van der Waals surface area contributed by atoms with Gasteiger partial charge in [0.25, 0.3) is 0 Å². The Hall–Kier alpha value is -1.35. The second kappa shape index (κ2) is 5.12. The number of carbonyl (C=O) groups excluding carboxylic acids is 1. The minimum absolute atomic E-state index is 0.113. The van der Waals surface area contributed by atoms with Crippen molar-refractivity contribution in [1.29, 1.82) is 0 Å². The highest BCUT2D eigenvalue weighted by molar-refractivity contribution is 7.17. The van der Waals surface area contributed by atoms with Gasteiger partial charge in [0.2, 0.25) is 0 Å². The van der Waals surface area contributed by atoms with E-state index in [1.165, 1.54) is 15.6 Å². The van der Waals surface area contributed by atoms with Gasteiger partial charge in [-0.05, 0) is 35.7 Å². The zero-order valence-electron chi connectivity index (χ0n) is 9.23. The Morgan fingerprint density at radius 3 is 3.00 bits per heavy atom. The van der Waals surface area contributed by atoms with Crippen molar-refractivity contribution in [3.8, 4) is 0 Å². The number of benzene rings is 1. The molecule has 0 unspecified atom stereocenters. The third-order valence-corrected chi connectivity index (χ3v) is 3.48. The van der Waals surface area contributed by atoms with E-state index in [2.05, 4.69) is 17.5 Å². The lowest BCUT2D eigenvalue weighted by Crippen LogP contribution is -2.04. The Balaban J connectivity index is 2.07. The number of hydrogen-bond acceptors (Lipinski definition) is 3. The summed E-state index contributed by atoms with van der Waals surface area (Å²) in [7, 11) is 0. The van der Waals surface area contributed by atoms with E-state index in [1.54, 1.807) is 11.3 Å². The molecule has 0 atom stereocenters. The minimum atomic E-state index is -0.113. The van der Waals surface area contributed by atoms with Gasteiger partial charge in [0.15, 0.2) is 0 Å². The SMILES string of the molecule is CCOC(=O)CCc1csc2ccccc12. The summed E-state index contributed by atoms with van der Waals surface area (Å²) in [5, 5.41) is 3.39. The van der Waals surface area contributed by atoms with E-state index in [9.17, 15) is 4.79 Å². The second-order valence-corrected chi connectivity index (χ2v) is 4.47. The molecule has 0 saturated heterocycles. The van der Waals surface area contributed by atoms with E-state index in [0.29, 0.717) is 13.0 Å². The molecule has 3 heteroatoms. The van der Waals surface area contributed by atoms with Crippen LogP contribution in [-0.2, 0) is 16.0 Å². The number of rotatable bonds is 4. The minimum Gasteiger partial charge on any atom is -0.466 e. The summed E-state index contributed by atoms with van der Waals surface area (Å²) in [6, 6.07) is 8.27. The number of ether oxygens (including phenoxy) is 1. The summed E-state index contributed by atoms with van der Waals surface area (Å²) >= 11 is 1.73. The van der Waals surface area contributed by atoms with Gasteiger partial charge in [-0.3, -0.25) is 4.79 Å². The Morgan fingerprint density at radius 1 is 1.38 bits per heavy atom. The van der Waals surface area contributed by atoms with Crippen molar-refractivity contribution in [2.45, 2.75) is 19.8 Å². The topological polar surface area (TPSA) is 26.3 Å². The molecular weight excluding hydrogens is 220 g/mol. The molecular formula is C13H14O2S. The average Bonchev–Trinajstić information content (AvgIpc) is 2.70. The zero-order valence-corrected chi connectivity index (χ0v) is 10.0. The Labute approximate surface area is 98.9 Å². The van der Waals surface area contributed by atoms with Crippen LogP contribution in [0, 0.1) is 0 Å². The molecule has 1 heterocycles. The molecule has 0 aliphatic heterocycles. The molecule has 2 aromatic rings. The summed E-state index contributed by atoms with van der Waals surface area (Å²) < 4.78 is 6.20. The molecule has 16 heavy (non-hydrogen) atoms. The van der Waals surface area contributed by atoms with E-state index < -0.39 is 0 Å². The van der Waals surface area contributed by atoms with Gasteiger partial charge in [0, 0.05) is 11.1 Å². The Bertz CT molecular complexity index is 487. The molecule has 0 spiro atoms. The third kappa shape index (κ3) is 2.42. The number of thiophene rings is 1. The van der Waals surface area contributed by atoms with Gasteiger partial charge in [-0.2, -0.15) is 0 Å². The predicted molar refractivity (Wildman–Crippen MR) is 66.8 cm³/mol. The van der Waals surface area contributed by atoms with Crippen LogP contribution < -0.4 is 0 Å². The molecule has 2 rings (SSSR count). The van der Waals surface area contributed by atoms with Crippen LogP contribution in [-0.4, -0.2) is 12.6 Å². The van der Waals surface area contributed by atoms with Gasteiger partial charge in [-0.1, -0.05) is 18.2 Å².